The van der Waals surface area contributed by atoms with Gasteiger partial charge in [-0.1, -0.05) is 54.6 Å². The number of anilines is 1. The van der Waals surface area contributed by atoms with Gasteiger partial charge in [-0.05, 0) is 95.1 Å². The average molecular weight is 662 g/mol. The SMILES string of the molecule is Cc1cccc(N(C)C(=S)Oc2ccc3ccccc3c2)c1.c1cc2c(cc1C1OCC3C(c4ccc5c(c4)OCO5)OCC13)OCO2. The lowest BCUT2D eigenvalue weighted by atomic mass is 9.85. The number of hydrogen-bond acceptors (Lipinski definition) is 8. The molecular weight excluding hydrogens is 626 g/mol. The van der Waals surface area contributed by atoms with E-state index in [-0.39, 0.29) is 25.8 Å². The fourth-order valence-electron chi connectivity index (χ4n) is 6.76. The first-order chi connectivity index (χ1) is 23.5. The van der Waals surface area contributed by atoms with Crippen molar-refractivity contribution in [1.29, 1.82) is 0 Å². The van der Waals surface area contributed by atoms with Crippen LogP contribution in [0.15, 0.2) is 103 Å². The molecule has 9 rings (SSSR count). The van der Waals surface area contributed by atoms with Crippen LogP contribution in [0.2, 0.25) is 0 Å². The quantitative estimate of drug-likeness (QED) is 0.178. The average Bonchev–Trinajstić information content (AvgIpc) is 3.92. The molecule has 4 atom stereocenters. The van der Waals surface area contributed by atoms with E-state index >= 15 is 0 Å². The molecule has 4 aliphatic rings. The molecule has 4 aliphatic heterocycles. The van der Waals surface area contributed by atoms with Crippen molar-refractivity contribution in [2.24, 2.45) is 11.8 Å². The number of aryl methyl sites for hydroxylation is 1. The van der Waals surface area contributed by atoms with Crippen molar-refractivity contribution in [3.63, 3.8) is 0 Å². The topological polar surface area (TPSA) is 67.9 Å². The molecule has 5 aromatic rings. The third-order valence-electron chi connectivity index (χ3n) is 9.30. The third-order valence-corrected chi connectivity index (χ3v) is 9.66. The van der Waals surface area contributed by atoms with Gasteiger partial charge in [0.1, 0.15) is 5.75 Å². The highest BCUT2D eigenvalue weighted by atomic mass is 32.1. The molecule has 4 unspecified atom stereocenters. The minimum atomic E-state index is 0.0218. The van der Waals surface area contributed by atoms with Crippen molar-refractivity contribution in [3.05, 3.63) is 120 Å². The van der Waals surface area contributed by atoms with E-state index in [9.17, 15) is 0 Å². The summed E-state index contributed by atoms with van der Waals surface area (Å²) in [4.78, 5) is 1.87. The number of nitrogens with zero attached hydrogens (tertiary/aromatic N) is 1. The zero-order valence-electron chi connectivity index (χ0n) is 26.7. The largest absolute Gasteiger partial charge is 0.454 e. The predicted octanol–water partition coefficient (Wildman–Crippen LogP) is 8.17. The number of hydrogen-bond donors (Lipinski definition) is 0. The molecule has 4 heterocycles. The monoisotopic (exact) mass is 661 g/mol. The molecule has 0 amide bonds. The van der Waals surface area contributed by atoms with E-state index in [0.717, 1.165) is 50.9 Å². The second-order valence-electron chi connectivity index (χ2n) is 12.3. The smallest absolute Gasteiger partial charge is 0.269 e. The van der Waals surface area contributed by atoms with Gasteiger partial charge < -0.3 is 38.1 Å². The molecule has 2 saturated heterocycles. The Morgan fingerprint density at radius 1 is 0.646 bits per heavy atom. The van der Waals surface area contributed by atoms with Gasteiger partial charge in [-0.3, -0.25) is 0 Å². The van der Waals surface area contributed by atoms with Crippen LogP contribution in [0.3, 0.4) is 0 Å². The predicted molar refractivity (Wildman–Crippen MR) is 186 cm³/mol. The third kappa shape index (κ3) is 6.01. The van der Waals surface area contributed by atoms with Crippen molar-refractivity contribution in [1.82, 2.24) is 0 Å². The second-order valence-corrected chi connectivity index (χ2v) is 12.7. The maximum atomic E-state index is 6.18. The van der Waals surface area contributed by atoms with Gasteiger partial charge in [-0.25, -0.2) is 0 Å². The van der Waals surface area contributed by atoms with E-state index in [0.29, 0.717) is 30.2 Å². The molecule has 48 heavy (non-hydrogen) atoms. The van der Waals surface area contributed by atoms with Gasteiger partial charge in [0, 0.05) is 24.6 Å². The lowest BCUT2D eigenvalue weighted by Gasteiger charge is -2.20. The van der Waals surface area contributed by atoms with Crippen LogP contribution in [-0.2, 0) is 9.47 Å². The number of rotatable bonds is 4. The molecule has 244 valence electrons. The van der Waals surface area contributed by atoms with Crippen LogP contribution < -0.4 is 28.6 Å². The Labute approximate surface area is 284 Å². The minimum Gasteiger partial charge on any atom is -0.454 e. The number of benzene rings is 5. The molecule has 0 saturated carbocycles. The van der Waals surface area contributed by atoms with Gasteiger partial charge in [0.25, 0.3) is 5.17 Å². The van der Waals surface area contributed by atoms with Gasteiger partial charge in [-0.15, -0.1) is 0 Å². The fraction of sp³-hybridized carbons (Fsp3) is 0.256. The highest BCUT2D eigenvalue weighted by Gasteiger charge is 2.48. The number of fused-ring (bicyclic) bond motifs is 4. The first-order valence-electron chi connectivity index (χ1n) is 16.0. The van der Waals surface area contributed by atoms with Gasteiger partial charge in [-0.2, -0.15) is 0 Å². The van der Waals surface area contributed by atoms with Crippen molar-refractivity contribution in [2.75, 3.05) is 38.7 Å². The summed E-state index contributed by atoms with van der Waals surface area (Å²) in [5.74, 6) is 4.58. The molecular formula is C39H35NO7S. The summed E-state index contributed by atoms with van der Waals surface area (Å²) in [5.41, 5.74) is 4.46. The van der Waals surface area contributed by atoms with E-state index < -0.39 is 0 Å². The maximum Gasteiger partial charge on any atom is 0.269 e. The fourth-order valence-corrected chi connectivity index (χ4v) is 6.96. The normalized spacial score (nSPS) is 21.4. The molecule has 0 aliphatic carbocycles. The standard InChI is InChI=1S/C20H18O6.C19H17NOS/c1-3-15-17(25-9-23-15)5-11(1)19-13-7-22-20(14(13)8-21-19)12-2-4-16-18(6-12)26-10-24-16;1-14-6-5-9-17(12-14)20(2)19(22)21-18-11-10-15-7-3-4-8-16(15)13-18/h1-6,13-14,19-20H,7-10H2;3-13H,1-2H3. The van der Waals surface area contributed by atoms with E-state index in [1.807, 2.05) is 78.7 Å². The summed E-state index contributed by atoms with van der Waals surface area (Å²) in [6, 6.07) is 34.5. The Balaban J connectivity index is 0.000000143. The summed E-state index contributed by atoms with van der Waals surface area (Å²) in [6.45, 7) is 3.99. The Hall–Kier alpha value is -4.83. The van der Waals surface area contributed by atoms with Gasteiger partial charge in [0.05, 0.1) is 25.4 Å². The van der Waals surface area contributed by atoms with E-state index in [1.165, 1.54) is 10.9 Å². The van der Waals surface area contributed by atoms with E-state index in [1.54, 1.807) is 0 Å². The van der Waals surface area contributed by atoms with Crippen molar-refractivity contribution in [3.8, 4) is 28.7 Å². The van der Waals surface area contributed by atoms with Crippen LogP contribution in [0.1, 0.15) is 28.9 Å². The summed E-state index contributed by atoms with van der Waals surface area (Å²) in [5, 5.41) is 2.76. The van der Waals surface area contributed by atoms with Crippen molar-refractivity contribution in [2.45, 2.75) is 19.1 Å². The van der Waals surface area contributed by atoms with E-state index in [2.05, 4.69) is 43.3 Å². The first kappa shape index (κ1) is 30.5. The molecule has 9 heteroatoms. The second kappa shape index (κ2) is 13.0. The van der Waals surface area contributed by atoms with Crippen LogP contribution in [0.4, 0.5) is 5.69 Å². The maximum absolute atomic E-state index is 6.18. The molecule has 8 nitrogen and oxygen atoms in total. The van der Waals surface area contributed by atoms with Crippen LogP contribution in [-0.4, -0.2) is 39.0 Å². The van der Waals surface area contributed by atoms with E-state index in [4.69, 9.17) is 45.4 Å². The Morgan fingerprint density at radius 3 is 1.88 bits per heavy atom. The number of ether oxygens (including phenoxy) is 7. The van der Waals surface area contributed by atoms with Crippen LogP contribution in [0.25, 0.3) is 10.8 Å². The summed E-state index contributed by atoms with van der Waals surface area (Å²) >= 11 is 5.41. The molecule has 5 aromatic carbocycles. The lowest BCUT2D eigenvalue weighted by Crippen LogP contribution is -2.29. The van der Waals surface area contributed by atoms with Crippen LogP contribution in [0.5, 0.6) is 28.7 Å². The van der Waals surface area contributed by atoms with Gasteiger partial charge >= 0.3 is 0 Å². The van der Waals surface area contributed by atoms with Gasteiger partial charge in [0.15, 0.2) is 23.0 Å². The molecule has 0 N–H and O–H groups in total. The van der Waals surface area contributed by atoms with Crippen LogP contribution in [0, 0.1) is 18.8 Å². The molecule has 0 spiro atoms. The van der Waals surface area contributed by atoms with Crippen molar-refractivity contribution < 1.29 is 33.2 Å². The highest BCUT2D eigenvalue weighted by Crippen LogP contribution is 2.52. The summed E-state index contributed by atoms with van der Waals surface area (Å²) in [6.07, 6.45) is 0.0435. The van der Waals surface area contributed by atoms with Crippen molar-refractivity contribution >= 4 is 33.9 Å². The molecule has 0 radical (unpaired) electrons. The Bertz CT molecular complexity index is 1910. The summed E-state index contributed by atoms with van der Waals surface area (Å²) < 4.78 is 40.0. The lowest BCUT2D eigenvalue weighted by molar-refractivity contribution is 0.0192. The highest BCUT2D eigenvalue weighted by molar-refractivity contribution is 7.80. The zero-order valence-corrected chi connectivity index (χ0v) is 27.5. The molecule has 2 fully saturated rings. The summed E-state index contributed by atoms with van der Waals surface area (Å²) in [7, 11) is 1.91. The number of thiocarbonyl (C=S) groups is 1. The van der Waals surface area contributed by atoms with Crippen LogP contribution >= 0.6 is 12.2 Å². The Morgan fingerprint density at radius 2 is 1.25 bits per heavy atom. The molecule has 0 aromatic heterocycles. The molecule has 0 bridgehead atoms. The first-order valence-corrected chi connectivity index (χ1v) is 16.4. The van der Waals surface area contributed by atoms with Gasteiger partial charge in [0.2, 0.25) is 13.6 Å². The minimum absolute atomic E-state index is 0.0218. The zero-order chi connectivity index (χ0) is 32.6. The Kier molecular flexibility index (Phi) is 8.26.